The third-order valence-corrected chi connectivity index (χ3v) is 3.48. The maximum absolute atomic E-state index is 11.8. The van der Waals surface area contributed by atoms with Gasteiger partial charge in [-0.3, -0.25) is 9.69 Å². The first-order chi connectivity index (χ1) is 10.2. The van der Waals surface area contributed by atoms with E-state index >= 15 is 0 Å². The highest BCUT2D eigenvalue weighted by Crippen LogP contribution is 2.16. The molecule has 4 nitrogen and oxygen atoms in total. The molecule has 110 valence electrons. The highest BCUT2D eigenvalue weighted by Gasteiger charge is 2.05. The van der Waals surface area contributed by atoms with Crippen molar-refractivity contribution in [1.29, 1.82) is 0 Å². The number of hydrazone groups is 1. The van der Waals surface area contributed by atoms with Gasteiger partial charge in [0.1, 0.15) is 0 Å². The van der Waals surface area contributed by atoms with Crippen molar-refractivity contribution in [3.63, 3.8) is 0 Å². The third kappa shape index (κ3) is 4.13. The largest absolute Gasteiger partial charge is 0.295 e. The van der Waals surface area contributed by atoms with E-state index in [0.717, 1.165) is 29.4 Å². The number of nitrogens with zero attached hydrogens (tertiary/aromatic N) is 2. The number of hydrogen-bond acceptors (Lipinski definition) is 3. The van der Waals surface area contributed by atoms with Crippen molar-refractivity contribution < 1.29 is 4.79 Å². The number of benzene rings is 2. The fourth-order valence-corrected chi connectivity index (χ4v) is 2.22. The van der Waals surface area contributed by atoms with Crippen molar-refractivity contribution in [2.24, 2.45) is 5.10 Å². The minimum Gasteiger partial charge on any atom is -0.295 e. The molecule has 0 unspecified atom stereocenters. The molecule has 0 heterocycles. The lowest BCUT2D eigenvalue weighted by Gasteiger charge is -2.15. The summed E-state index contributed by atoms with van der Waals surface area (Å²) in [4.78, 5) is 13.8. The standard InChI is InChI=1S/C17H21N3O/c1-3-20(4-2)13-17(21)19-18-12-15-10-7-9-14-8-5-6-11-16(14)15/h5-12H,3-4,13H2,1-2H3,(H,19,21)/b18-12-. The van der Waals surface area contributed by atoms with Crippen molar-refractivity contribution in [3.8, 4) is 0 Å². The Morgan fingerprint density at radius 1 is 1.14 bits per heavy atom. The summed E-state index contributed by atoms with van der Waals surface area (Å²) in [5.74, 6) is -0.0878. The van der Waals surface area contributed by atoms with Crippen molar-refractivity contribution in [2.75, 3.05) is 19.6 Å². The normalized spacial score (nSPS) is 11.4. The second kappa shape index (κ2) is 7.55. The maximum Gasteiger partial charge on any atom is 0.254 e. The Labute approximate surface area is 125 Å². The van der Waals surface area contributed by atoms with Crippen LogP contribution in [-0.2, 0) is 4.79 Å². The Balaban J connectivity index is 2.02. The van der Waals surface area contributed by atoms with E-state index in [0.29, 0.717) is 6.54 Å². The summed E-state index contributed by atoms with van der Waals surface area (Å²) in [6.07, 6.45) is 1.70. The first-order valence-electron chi connectivity index (χ1n) is 7.26. The predicted octanol–water partition coefficient (Wildman–Crippen LogP) is 2.63. The topological polar surface area (TPSA) is 44.7 Å². The van der Waals surface area contributed by atoms with Crippen LogP contribution in [0.2, 0.25) is 0 Å². The number of amides is 1. The smallest absolute Gasteiger partial charge is 0.254 e. The van der Waals surface area contributed by atoms with Gasteiger partial charge in [0.05, 0.1) is 12.8 Å². The summed E-state index contributed by atoms with van der Waals surface area (Å²) >= 11 is 0. The Hall–Kier alpha value is -2.20. The number of likely N-dealkylation sites (N-methyl/N-ethyl adjacent to an activating group) is 1. The molecule has 0 atom stereocenters. The van der Waals surface area contributed by atoms with Gasteiger partial charge < -0.3 is 0 Å². The second-order valence-corrected chi connectivity index (χ2v) is 4.82. The first kappa shape index (κ1) is 15.2. The molecule has 0 bridgehead atoms. The Morgan fingerprint density at radius 2 is 1.86 bits per heavy atom. The molecule has 0 saturated carbocycles. The fourth-order valence-electron chi connectivity index (χ4n) is 2.22. The van der Waals surface area contributed by atoms with Crippen LogP contribution < -0.4 is 5.43 Å². The number of fused-ring (bicyclic) bond motifs is 1. The van der Waals surface area contributed by atoms with Gasteiger partial charge in [-0.05, 0) is 23.9 Å². The van der Waals surface area contributed by atoms with Gasteiger partial charge >= 0.3 is 0 Å². The van der Waals surface area contributed by atoms with E-state index in [1.807, 2.05) is 43.0 Å². The third-order valence-electron chi connectivity index (χ3n) is 3.48. The van der Waals surface area contributed by atoms with Crippen LogP contribution in [-0.4, -0.2) is 36.7 Å². The predicted molar refractivity (Wildman–Crippen MR) is 87.5 cm³/mol. The monoisotopic (exact) mass is 283 g/mol. The molecular formula is C17H21N3O. The molecule has 0 spiro atoms. The zero-order valence-corrected chi connectivity index (χ0v) is 12.5. The van der Waals surface area contributed by atoms with Crippen molar-refractivity contribution in [2.45, 2.75) is 13.8 Å². The van der Waals surface area contributed by atoms with Crippen molar-refractivity contribution in [1.82, 2.24) is 10.3 Å². The highest BCUT2D eigenvalue weighted by atomic mass is 16.2. The average Bonchev–Trinajstić information content (AvgIpc) is 2.53. The molecule has 0 aliphatic heterocycles. The molecule has 21 heavy (non-hydrogen) atoms. The van der Waals surface area contributed by atoms with Gasteiger partial charge in [0, 0.05) is 5.56 Å². The summed E-state index contributed by atoms with van der Waals surface area (Å²) in [6.45, 7) is 6.17. The molecule has 0 saturated heterocycles. The molecule has 1 amide bonds. The molecule has 4 heteroatoms. The van der Waals surface area contributed by atoms with E-state index in [1.165, 1.54) is 0 Å². The molecule has 2 rings (SSSR count). The number of nitrogens with one attached hydrogen (secondary N) is 1. The van der Waals surface area contributed by atoms with Crippen LogP contribution >= 0.6 is 0 Å². The van der Waals surface area contributed by atoms with Crippen LogP contribution in [0.1, 0.15) is 19.4 Å². The molecular weight excluding hydrogens is 262 g/mol. The quantitative estimate of drug-likeness (QED) is 0.654. The number of carbonyl (C=O) groups excluding carboxylic acids is 1. The molecule has 0 aliphatic carbocycles. The van der Waals surface area contributed by atoms with Crippen LogP contribution in [0.25, 0.3) is 10.8 Å². The van der Waals surface area contributed by atoms with E-state index in [-0.39, 0.29) is 5.91 Å². The van der Waals surface area contributed by atoms with Gasteiger partial charge in [0.15, 0.2) is 0 Å². The Bertz CT molecular complexity index is 627. The Morgan fingerprint density at radius 3 is 2.62 bits per heavy atom. The summed E-state index contributed by atoms with van der Waals surface area (Å²) in [5.41, 5.74) is 3.58. The van der Waals surface area contributed by atoms with Crippen LogP contribution in [0, 0.1) is 0 Å². The lowest BCUT2D eigenvalue weighted by atomic mass is 10.1. The molecule has 2 aromatic carbocycles. The van der Waals surface area contributed by atoms with Gasteiger partial charge in [0.25, 0.3) is 5.91 Å². The van der Waals surface area contributed by atoms with Gasteiger partial charge in [-0.2, -0.15) is 5.10 Å². The molecule has 0 radical (unpaired) electrons. The summed E-state index contributed by atoms with van der Waals surface area (Å²) in [5, 5.41) is 6.35. The zero-order valence-electron chi connectivity index (χ0n) is 12.5. The van der Waals surface area contributed by atoms with E-state index in [1.54, 1.807) is 6.21 Å². The zero-order chi connectivity index (χ0) is 15.1. The van der Waals surface area contributed by atoms with Crippen molar-refractivity contribution in [3.05, 3.63) is 48.0 Å². The Kier molecular flexibility index (Phi) is 5.46. The number of rotatable bonds is 6. The van der Waals surface area contributed by atoms with E-state index in [9.17, 15) is 4.79 Å². The first-order valence-corrected chi connectivity index (χ1v) is 7.26. The van der Waals surface area contributed by atoms with Gasteiger partial charge in [0.2, 0.25) is 0 Å². The average molecular weight is 283 g/mol. The minimum absolute atomic E-state index is 0.0878. The fraction of sp³-hybridized carbons (Fsp3) is 0.294. The minimum atomic E-state index is -0.0878. The van der Waals surface area contributed by atoms with E-state index < -0.39 is 0 Å². The highest BCUT2D eigenvalue weighted by molar-refractivity contribution is 5.99. The summed E-state index contributed by atoms with van der Waals surface area (Å²) in [7, 11) is 0. The van der Waals surface area contributed by atoms with E-state index in [2.05, 4.69) is 28.7 Å². The van der Waals surface area contributed by atoms with Crippen LogP contribution in [0.15, 0.2) is 47.6 Å². The van der Waals surface area contributed by atoms with Gasteiger partial charge in [-0.15, -0.1) is 0 Å². The van der Waals surface area contributed by atoms with Crippen molar-refractivity contribution >= 4 is 22.9 Å². The van der Waals surface area contributed by atoms with Crippen LogP contribution in [0.5, 0.6) is 0 Å². The number of hydrogen-bond donors (Lipinski definition) is 1. The molecule has 2 aromatic rings. The van der Waals surface area contributed by atoms with E-state index in [4.69, 9.17) is 0 Å². The van der Waals surface area contributed by atoms with Crippen LogP contribution in [0.4, 0.5) is 0 Å². The lowest BCUT2D eigenvalue weighted by molar-refractivity contribution is -0.122. The molecule has 0 aromatic heterocycles. The lowest BCUT2D eigenvalue weighted by Crippen LogP contribution is -2.35. The molecule has 0 fully saturated rings. The van der Waals surface area contributed by atoms with Crippen LogP contribution in [0.3, 0.4) is 0 Å². The molecule has 1 N–H and O–H groups in total. The summed E-state index contributed by atoms with van der Waals surface area (Å²) < 4.78 is 0. The van der Waals surface area contributed by atoms with Gasteiger partial charge in [-0.25, -0.2) is 5.43 Å². The summed E-state index contributed by atoms with van der Waals surface area (Å²) in [6, 6.07) is 14.2. The molecule has 0 aliphatic rings. The SMILES string of the molecule is CCN(CC)CC(=O)N/N=C\c1cccc2ccccc12. The van der Waals surface area contributed by atoms with Gasteiger partial charge in [-0.1, -0.05) is 56.3 Å². The maximum atomic E-state index is 11.8. The second-order valence-electron chi connectivity index (χ2n) is 4.82. The number of carbonyl (C=O) groups is 1.